The second-order valence-corrected chi connectivity index (χ2v) is 7.79. The van der Waals surface area contributed by atoms with E-state index in [9.17, 15) is 9.18 Å². The van der Waals surface area contributed by atoms with Gasteiger partial charge in [-0.2, -0.15) is 5.10 Å². The van der Waals surface area contributed by atoms with Gasteiger partial charge in [0.25, 0.3) is 5.91 Å². The van der Waals surface area contributed by atoms with Gasteiger partial charge in [-0.3, -0.25) is 4.79 Å². The quantitative estimate of drug-likeness (QED) is 0.544. The molecule has 1 aliphatic rings. The number of carbonyl (C=O) groups is 1. The number of aryl methyl sites for hydroxylation is 2. The molecule has 0 unspecified atom stereocenters. The van der Waals surface area contributed by atoms with Gasteiger partial charge in [0.05, 0.1) is 23.1 Å². The van der Waals surface area contributed by atoms with Crippen LogP contribution in [0.2, 0.25) is 0 Å². The van der Waals surface area contributed by atoms with E-state index in [2.05, 4.69) is 20.7 Å². The Morgan fingerprint density at radius 2 is 2.07 bits per heavy atom. The van der Waals surface area contributed by atoms with Gasteiger partial charge in [-0.05, 0) is 51.9 Å². The molecule has 4 heterocycles. The lowest BCUT2D eigenvalue weighted by Gasteiger charge is -2.23. The van der Waals surface area contributed by atoms with Gasteiger partial charge < -0.3 is 15.1 Å². The fourth-order valence-corrected chi connectivity index (χ4v) is 4.06. The van der Waals surface area contributed by atoms with Crippen molar-refractivity contribution in [2.45, 2.75) is 32.7 Å². The van der Waals surface area contributed by atoms with Crippen LogP contribution in [0.5, 0.6) is 0 Å². The average molecular weight is 407 g/mol. The molecule has 1 saturated heterocycles. The van der Waals surface area contributed by atoms with Crippen LogP contribution in [-0.4, -0.2) is 39.6 Å². The molecule has 1 aliphatic heterocycles. The number of carbonyl (C=O) groups excluding carboxylic acids is 1. The first-order valence-electron chi connectivity index (χ1n) is 10.1. The minimum atomic E-state index is -0.450. The van der Waals surface area contributed by atoms with Crippen molar-refractivity contribution >= 4 is 22.5 Å². The fourth-order valence-electron chi connectivity index (χ4n) is 4.06. The number of aromatic nitrogens is 3. The van der Waals surface area contributed by atoms with E-state index in [1.165, 1.54) is 10.6 Å². The molecule has 0 saturated carbocycles. The molecule has 8 heteroatoms. The Hall–Kier alpha value is -3.26. The van der Waals surface area contributed by atoms with Crippen LogP contribution in [-0.2, 0) is 0 Å². The monoisotopic (exact) mass is 407 g/mol. The number of nitrogens with zero attached hydrogens (tertiary/aromatic N) is 3. The maximum atomic E-state index is 14.6. The summed E-state index contributed by atoms with van der Waals surface area (Å²) >= 11 is 0. The molecular weight excluding hydrogens is 385 g/mol. The van der Waals surface area contributed by atoms with Crippen LogP contribution in [0.15, 0.2) is 34.9 Å². The number of piperidine rings is 1. The maximum Gasteiger partial charge on any atom is 0.255 e. The maximum absolute atomic E-state index is 14.6. The number of imidazole rings is 1. The van der Waals surface area contributed by atoms with Crippen LogP contribution < -0.4 is 10.6 Å². The van der Waals surface area contributed by atoms with E-state index in [1.807, 2.05) is 13.0 Å². The van der Waals surface area contributed by atoms with E-state index < -0.39 is 5.82 Å². The standard InChI is InChI=1S/C22H22FN5O2/c1-12-11-28-21(25-12)18(23)10-19(27-28)15-3-4-16(20-17(15)9-13(2)30-20)22(29)26-14-5-7-24-8-6-14/h3-4,9-11,14,24H,5-8H2,1-2H3,(H,26,29). The molecule has 0 spiro atoms. The van der Waals surface area contributed by atoms with Crippen LogP contribution in [0.3, 0.4) is 0 Å². The van der Waals surface area contributed by atoms with Gasteiger partial charge >= 0.3 is 0 Å². The fraction of sp³-hybridized carbons (Fsp3) is 0.318. The lowest BCUT2D eigenvalue weighted by molar-refractivity contribution is 0.0930. The number of amides is 1. The average Bonchev–Trinajstić information content (AvgIpc) is 3.29. The first kappa shape index (κ1) is 18.7. The molecular formula is C22H22FN5O2. The number of hydrogen-bond acceptors (Lipinski definition) is 5. The second kappa shape index (κ2) is 7.21. The summed E-state index contributed by atoms with van der Waals surface area (Å²) in [6.45, 7) is 5.41. The number of fused-ring (bicyclic) bond motifs is 2. The van der Waals surface area contributed by atoms with Gasteiger partial charge in [-0.25, -0.2) is 13.9 Å². The summed E-state index contributed by atoms with van der Waals surface area (Å²) in [4.78, 5) is 17.1. The van der Waals surface area contributed by atoms with Crippen LogP contribution in [0.25, 0.3) is 27.9 Å². The van der Waals surface area contributed by atoms with E-state index in [4.69, 9.17) is 4.42 Å². The molecule has 0 aliphatic carbocycles. The highest BCUT2D eigenvalue weighted by atomic mass is 19.1. The van der Waals surface area contributed by atoms with Gasteiger partial charge in [-0.1, -0.05) is 6.07 Å². The smallest absolute Gasteiger partial charge is 0.255 e. The third kappa shape index (κ3) is 3.23. The predicted octanol–water partition coefficient (Wildman–Crippen LogP) is 3.38. The Kier molecular flexibility index (Phi) is 4.51. The van der Waals surface area contributed by atoms with Crippen molar-refractivity contribution in [1.82, 2.24) is 25.2 Å². The highest BCUT2D eigenvalue weighted by Gasteiger charge is 2.22. The van der Waals surface area contributed by atoms with E-state index in [0.717, 1.165) is 31.3 Å². The number of nitrogens with one attached hydrogen (secondary N) is 2. The lowest BCUT2D eigenvalue weighted by Crippen LogP contribution is -2.42. The van der Waals surface area contributed by atoms with Crippen LogP contribution >= 0.6 is 0 Å². The molecule has 5 rings (SSSR count). The molecule has 154 valence electrons. The molecule has 7 nitrogen and oxygen atoms in total. The zero-order valence-corrected chi connectivity index (χ0v) is 16.8. The minimum absolute atomic E-state index is 0.146. The van der Waals surface area contributed by atoms with E-state index in [0.29, 0.717) is 33.9 Å². The molecule has 1 fully saturated rings. The number of halogens is 1. The third-order valence-electron chi connectivity index (χ3n) is 5.50. The number of rotatable bonds is 3. The molecule has 1 amide bonds. The highest BCUT2D eigenvalue weighted by molar-refractivity contribution is 6.08. The summed E-state index contributed by atoms with van der Waals surface area (Å²) in [5.41, 5.74) is 2.99. The summed E-state index contributed by atoms with van der Waals surface area (Å²) in [6, 6.07) is 6.89. The molecule has 0 radical (unpaired) electrons. The van der Waals surface area contributed by atoms with Crippen molar-refractivity contribution in [3.63, 3.8) is 0 Å². The topological polar surface area (TPSA) is 84.5 Å². The second-order valence-electron chi connectivity index (χ2n) is 7.79. The van der Waals surface area contributed by atoms with Gasteiger partial charge in [-0.15, -0.1) is 0 Å². The summed E-state index contributed by atoms with van der Waals surface area (Å²) in [7, 11) is 0. The predicted molar refractivity (Wildman–Crippen MR) is 111 cm³/mol. The van der Waals surface area contributed by atoms with Crippen molar-refractivity contribution in [3.05, 3.63) is 53.3 Å². The van der Waals surface area contributed by atoms with E-state index in [1.54, 1.807) is 25.3 Å². The van der Waals surface area contributed by atoms with E-state index >= 15 is 0 Å². The summed E-state index contributed by atoms with van der Waals surface area (Å²) < 4.78 is 21.9. The zero-order valence-electron chi connectivity index (χ0n) is 16.8. The van der Waals surface area contributed by atoms with Gasteiger partial charge in [0, 0.05) is 23.1 Å². The number of hydrogen-bond donors (Lipinski definition) is 2. The minimum Gasteiger partial charge on any atom is -0.461 e. The molecule has 0 atom stereocenters. The molecule has 1 aromatic carbocycles. The molecule has 0 bridgehead atoms. The number of benzene rings is 1. The Labute approximate surface area is 172 Å². The summed E-state index contributed by atoms with van der Waals surface area (Å²) in [6.07, 6.45) is 3.48. The Bertz CT molecular complexity index is 1270. The van der Waals surface area contributed by atoms with Crippen LogP contribution in [0.1, 0.15) is 34.7 Å². The lowest BCUT2D eigenvalue weighted by atomic mass is 10.0. The molecule has 2 N–H and O–H groups in total. The third-order valence-corrected chi connectivity index (χ3v) is 5.50. The summed E-state index contributed by atoms with van der Waals surface area (Å²) in [5.74, 6) is 0.0650. The van der Waals surface area contributed by atoms with E-state index in [-0.39, 0.29) is 17.6 Å². The van der Waals surface area contributed by atoms with Crippen molar-refractivity contribution in [1.29, 1.82) is 0 Å². The van der Waals surface area contributed by atoms with Gasteiger partial charge in [0.2, 0.25) is 0 Å². The van der Waals surface area contributed by atoms with Crippen molar-refractivity contribution in [2.24, 2.45) is 0 Å². The SMILES string of the molecule is Cc1cn2nc(-c3ccc(C(=O)NC4CCNCC4)c4oc(C)cc34)cc(F)c2n1. The normalized spacial score (nSPS) is 15.2. The Morgan fingerprint density at radius 1 is 1.27 bits per heavy atom. The van der Waals surface area contributed by atoms with Crippen molar-refractivity contribution in [2.75, 3.05) is 13.1 Å². The largest absolute Gasteiger partial charge is 0.461 e. The molecule has 3 aromatic heterocycles. The first-order valence-corrected chi connectivity index (χ1v) is 10.1. The first-order chi connectivity index (χ1) is 14.5. The van der Waals surface area contributed by atoms with Crippen molar-refractivity contribution < 1.29 is 13.6 Å². The number of furan rings is 1. The molecule has 30 heavy (non-hydrogen) atoms. The van der Waals surface area contributed by atoms with Crippen LogP contribution in [0, 0.1) is 19.7 Å². The molecule has 4 aromatic rings. The van der Waals surface area contributed by atoms with Gasteiger partial charge in [0.1, 0.15) is 11.3 Å². The Balaban J connectivity index is 1.58. The Morgan fingerprint density at radius 3 is 2.87 bits per heavy atom. The zero-order chi connectivity index (χ0) is 20.8. The van der Waals surface area contributed by atoms with Crippen molar-refractivity contribution in [3.8, 4) is 11.3 Å². The van der Waals surface area contributed by atoms with Gasteiger partial charge in [0.15, 0.2) is 11.5 Å². The highest BCUT2D eigenvalue weighted by Crippen LogP contribution is 2.33. The van der Waals surface area contributed by atoms with Crippen LogP contribution in [0.4, 0.5) is 4.39 Å². The summed E-state index contributed by atoms with van der Waals surface area (Å²) in [5, 5.41) is 11.6.